The molecule has 0 radical (unpaired) electrons. The quantitative estimate of drug-likeness (QED) is 0.173. The number of nitrogens with zero attached hydrogens (tertiary/aromatic N) is 1. The van der Waals surface area contributed by atoms with Gasteiger partial charge in [-0.05, 0) is 58.1 Å². The molecule has 242 valence electrons. The molecule has 0 fully saturated rings. The van der Waals surface area contributed by atoms with Crippen LogP contribution in [0.1, 0.15) is 0 Å². The number of pyridine rings is 1. The van der Waals surface area contributed by atoms with Crippen LogP contribution in [0.5, 0.6) is 0 Å². The third-order valence-electron chi connectivity index (χ3n) is 10.5. The maximum atomic E-state index is 6.56. The maximum Gasteiger partial charge on any atom is 0.136 e. The normalized spacial score (nSPS) is 11.8. The van der Waals surface area contributed by atoms with Crippen molar-refractivity contribution in [1.29, 1.82) is 0 Å². The molecule has 0 N–H and O–H groups in total. The topological polar surface area (TPSA) is 26.0 Å². The van der Waals surface area contributed by atoms with E-state index in [0.29, 0.717) is 0 Å². The van der Waals surface area contributed by atoms with Gasteiger partial charge in [-0.3, -0.25) is 0 Å². The smallest absolute Gasteiger partial charge is 0.136 e. The summed E-state index contributed by atoms with van der Waals surface area (Å²) in [7, 11) is 0. The highest BCUT2D eigenvalue weighted by Gasteiger charge is 2.21. The number of hydrogen-bond donors (Lipinski definition) is 0. The fourth-order valence-corrected chi connectivity index (χ4v) is 9.24. The number of para-hydroxylation sites is 2. The standard InChI is InChI=1S/C49H29NOS/c1-2-11-33(12-3-1)45-47-36-13-4-7-17-40(36)50-49(39(47)29-42-48(45)37-14-5-8-18-41(37)51-42)34-27-23-31(24-28-34)30-21-25-32(26-22-30)35-16-10-20-44-46(35)38-15-6-9-19-43(38)52-44/h1-29H. The summed E-state index contributed by atoms with van der Waals surface area (Å²) in [6, 6.07) is 63.0. The van der Waals surface area contributed by atoms with Crippen molar-refractivity contribution in [1.82, 2.24) is 4.98 Å². The summed E-state index contributed by atoms with van der Waals surface area (Å²) in [5.74, 6) is 0. The van der Waals surface area contributed by atoms with E-state index in [1.54, 1.807) is 0 Å². The molecule has 0 aliphatic carbocycles. The second-order valence-corrected chi connectivity index (χ2v) is 14.5. The van der Waals surface area contributed by atoms with Gasteiger partial charge in [-0.2, -0.15) is 0 Å². The second kappa shape index (κ2) is 11.5. The minimum absolute atomic E-state index is 0.869. The van der Waals surface area contributed by atoms with Gasteiger partial charge in [-0.25, -0.2) is 4.98 Å². The van der Waals surface area contributed by atoms with E-state index in [2.05, 4.69) is 170 Å². The molecule has 2 nitrogen and oxygen atoms in total. The van der Waals surface area contributed by atoms with Gasteiger partial charge in [0.25, 0.3) is 0 Å². The fraction of sp³-hybridized carbons (Fsp3) is 0. The molecular formula is C49H29NOS. The Hall–Kier alpha value is -6.55. The highest BCUT2D eigenvalue weighted by atomic mass is 32.1. The van der Waals surface area contributed by atoms with E-state index in [0.717, 1.165) is 55.0 Å². The van der Waals surface area contributed by atoms with E-state index in [1.807, 2.05) is 17.4 Å². The molecule has 0 bridgehead atoms. The van der Waals surface area contributed by atoms with Crippen LogP contribution < -0.4 is 0 Å². The predicted molar refractivity (Wildman–Crippen MR) is 221 cm³/mol. The van der Waals surface area contributed by atoms with Crippen molar-refractivity contribution in [3.8, 4) is 44.6 Å². The molecule has 8 aromatic carbocycles. The molecular weight excluding hydrogens is 651 g/mol. The van der Waals surface area contributed by atoms with Gasteiger partial charge in [0.1, 0.15) is 11.2 Å². The maximum absolute atomic E-state index is 6.56. The Morgan fingerprint density at radius 3 is 1.83 bits per heavy atom. The molecule has 0 aliphatic rings. The first-order valence-corrected chi connectivity index (χ1v) is 18.4. The van der Waals surface area contributed by atoms with Crippen molar-refractivity contribution in [2.75, 3.05) is 0 Å². The fourth-order valence-electron chi connectivity index (χ4n) is 8.11. The zero-order valence-electron chi connectivity index (χ0n) is 28.0. The molecule has 11 aromatic rings. The van der Waals surface area contributed by atoms with Crippen LogP contribution in [0, 0.1) is 0 Å². The number of aromatic nitrogens is 1. The molecule has 0 unspecified atom stereocenters. The molecule has 0 saturated heterocycles. The van der Waals surface area contributed by atoms with E-state index in [1.165, 1.54) is 53.4 Å². The lowest BCUT2D eigenvalue weighted by atomic mass is 9.89. The second-order valence-electron chi connectivity index (χ2n) is 13.4. The Labute approximate surface area is 303 Å². The van der Waals surface area contributed by atoms with E-state index in [9.17, 15) is 0 Å². The number of benzene rings is 8. The Kier molecular flexibility index (Phi) is 6.46. The molecule has 0 aliphatic heterocycles. The van der Waals surface area contributed by atoms with Gasteiger partial charge in [0.05, 0.1) is 11.2 Å². The highest BCUT2D eigenvalue weighted by molar-refractivity contribution is 7.25. The van der Waals surface area contributed by atoms with Crippen LogP contribution in [0.3, 0.4) is 0 Å². The van der Waals surface area contributed by atoms with Gasteiger partial charge in [-0.1, -0.05) is 146 Å². The van der Waals surface area contributed by atoms with Crippen LogP contribution in [-0.2, 0) is 0 Å². The molecule has 52 heavy (non-hydrogen) atoms. The highest BCUT2D eigenvalue weighted by Crippen LogP contribution is 2.46. The molecule has 0 saturated carbocycles. The van der Waals surface area contributed by atoms with Crippen molar-refractivity contribution in [2.24, 2.45) is 0 Å². The van der Waals surface area contributed by atoms with Crippen molar-refractivity contribution >= 4 is 75.1 Å². The summed E-state index contributed by atoms with van der Waals surface area (Å²) in [5.41, 5.74) is 12.0. The van der Waals surface area contributed by atoms with Crippen LogP contribution in [0.4, 0.5) is 0 Å². The van der Waals surface area contributed by atoms with Crippen LogP contribution in [0.15, 0.2) is 180 Å². The summed E-state index contributed by atoms with van der Waals surface area (Å²) in [5, 5.41) is 8.33. The van der Waals surface area contributed by atoms with Gasteiger partial charge >= 0.3 is 0 Å². The van der Waals surface area contributed by atoms with Crippen LogP contribution in [0.25, 0.3) is 108 Å². The molecule has 0 atom stereocenters. The largest absolute Gasteiger partial charge is 0.456 e. The van der Waals surface area contributed by atoms with E-state index in [4.69, 9.17) is 9.40 Å². The van der Waals surface area contributed by atoms with Crippen molar-refractivity contribution in [3.63, 3.8) is 0 Å². The lowest BCUT2D eigenvalue weighted by Gasteiger charge is -2.16. The number of rotatable bonds is 4. The van der Waals surface area contributed by atoms with Gasteiger partial charge in [0.15, 0.2) is 0 Å². The average Bonchev–Trinajstić information content (AvgIpc) is 3.79. The molecule has 11 rings (SSSR count). The Morgan fingerprint density at radius 1 is 0.385 bits per heavy atom. The van der Waals surface area contributed by atoms with E-state index in [-0.39, 0.29) is 0 Å². The lowest BCUT2D eigenvalue weighted by molar-refractivity contribution is 0.669. The van der Waals surface area contributed by atoms with Crippen molar-refractivity contribution in [3.05, 3.63) is 176 Å². The SMILES string of the molecule is c1ccc(-c2c3c(cc4c(-c5ccc(-c6ccc(-c7cccc8sc9ccccc9c78)cc6)cc5)nc5ccccc5c24)oc2ccccc23)cc1. The number of hydrogen-bond acceptors (Lipinski definition) is 3. The number of thiophene rings is 1. The monoisotopic (exact) mass is 679 g/mol. The summed E-state index contributed by atoms with van der Waals surface area (Å²) in [6.45, 7) is 0. The van der Waals surface area contributed by atoms with E-state index < -0.39 is 0 Å². The lowest BCUT2D eigenvalue weighted by Crippen LogP contribution is -1.93. The zero-order valence-corrected chi connectivity index (χ0v) is 28.8. The Morgan fingerprint density at radius 2 is 1.02 bits per heavy atom. The molecule has 0 spiro atoms. The van der Waals surface area contributed by atoms with Crippen LogP contribution >= 0.6 is 11.3 Å². The minimum Gasteiger partial charge on any atom is -0.456 e. The molecule has 3 aromatic heterocycles. The summed E-state index contributed by atoms with van der Waals surface area (Å²) < 4.78 is 9.21. The molecule has 3 heterocycles. The minimum atomic E-state index is 0.869. The predicted octanol–water partition coefficient (Wildman–Crippen LogP) is 14.3. The Balaban J connectivity index is 1.06. The number of furan rings is 1. The van der Waals surface area contributed by atoms with Crippen LogP contribution in [0.2, 0.25) is 0 Å². The summed E-state index contributed by atoms with van der Waals surface area (Å²) in [4.78, 5) is 5.32. The van der Waals surface area contributed by atoms with Crippen LogP contribution in [-0.4, -0.2) is 4.98 Å². The van der Waals surface area contributed by atoms with Crippen molar-refractivity contribution in [2.45, 2.75) is 0 Å². The Bertz CT molecular complexity index is 3150. The summed E-state index contributed by atoms with van der Waals surface area (Å²) in [6.07, 6.45) is 0. The van der Waals surface area contributed by atoms with Gasteiger partial charge in [0, 0.05) is 58.2 Å². The third-order valence-corrected chi connectivity index (χ3v) is 11.6. The molecule has 3 heteroatoms. The third kappa shape index (κ3) is 4.46. The van der Waals surface area contributed by atoms with Gasteiger partial charge in [0.2, 0.25) is 0 Å². The first kappa shape index (κ1) is 29.2. The number of fused-ring (bicyclic) bond motifs is 9. The van der Waals surface area contributed by atoms with Gasteiger partial charge < -0.3 is 4.42 Å². The zero-order chi connectivity index (χ0) is 34.2. The average molecular weight is 680 g/mol. The van der Waals surface area contributed by atoms with Crippen molar-refractivity contribution < 1.29 is 4.42 Å². The first-order chi connectivity index (χ1) is 25.8. The van der Waals surface area contributed by atoms with E-state index >= 15 is 0 Å². The first-order valence-electron chi connectivity index (χ1n) is 17.6. The summed E-state index contributed by atoms with van der Waals surface area (Å²) >= 11 is 1.86. The molecule has 0 amide bonds. The van der Waals surface area contributed by atoms with Gasteiger partial charge in [-0.15, -0.1) is 11.3 Å².